The highest BCUT2D eigenvalue weighted by Gasteiger charge is 2.09. The van der Waals surface area contributed by atoms with Gasteiger partial charge in [0.15, 0.2) is 0 Å². The quantitative estimate of drug-likeness (QED) is 0.498. The zero-order valence-electron chi connectivity index (χ0n) is 10.5. The maximum absolute atomic E-state index is 9.48. The van der Waals surface area contributed by atoms with Crippen LogP contribution in [0.1, 0.15) is 26.7 Å². The fourth-order valence-corrected chi connectivity index (χ4v) is 2.16. The van der Waals surface area contributed by atoms with Crippen molar-refractivity contribution in [1.82, 2.24) is 25.5 Å². The fourth-order valence-electron chi connectivity index (χ4n) is 1.22. The molecule has 2 N–H and O–H groups in total. The van der Waals surface area contributed by atoms with E-state index >= 15 is 0 Å². The molecule has 6 nitrogen and oxygen atoms in total. The Morgan fingerprint density at radius 2 is 2.24 bits per heavy atom. The summed E-state index contributed by atoms with van der Waals surface area (Å²) in [5.41, 5.74) is 0. The van der Waals surface area contributed by atoms with Crippen molar-refractivity contribution in [3.05, 3.63) is 0 Å². The molecular formula is C10H21N5OS. The lowest BCUT2D eigenvalue weighted by atomic mass is 10.3. The molecule has 1 atom stereocenters. The summed E-state index contributed by atoms with van der Waals surface area (Å²) in [4.78, 5) is 0. The number of hydrogen-bond donors (Lipinski definition) is 2. The average Bonchev–Trinajstić information content (AvgIpc) is 2.79. The van der Waals surface area contributed by atoms with Gasteiger partial charge in [0.25, 0.3) is 0 Å². The molecule has 1 heterocycles. The fraction of sp³-hybridized carbons (Fsp3) is 0.900. The van der Waals surface area contributed by atoms with Gasteiger partial charge in [-0.2, -0.15) is 0 Å². The number of tetrazole rings is 1. The number of nitrogens with one attached hydrogen (secondary N) is 1. The molecule has 98 valence electrons. The standard InChI is InChI=1S/C10H21N5OS/c1-3-5-11-6-7-15-10(12-13-14-15)17-8-9(16)4-2/h9,11,16H,3-8H2,1-2H3. The number of nitrogens with zero attached hydrogens (tertiary/aromatic N) is 4. The summed E-state index contributed by atoms with van der Waals surface area (Å²) in [7, 11) is 0. The highest BCUT2D eigenvalue weighted by molar-refractivity contribution is 7.99. The molecule has 1 aromatic rings. The highest BCUT2D eigenvalue weighted by Crippen LogP contribution is 2.15. The third-order valence-corrected chi connectivity index (χ3v) is 3.40. The Labute approximate surface area is 106 Å². The van der Waals surface area contributed by atoms with Crippen molar-refractivity contribution in [2.45, 2.75) is 44.5 Å². The van der Waals surface area contributed by atoms with E-state index in [1.54, 1.807) is 4.68 Å². The minimum absolute atomic E-state index is 0.289. The zero-order chi connectivity index (χ0) is 12.5. The maximum Gasteiger partial charge on any atom is 0.209 e. The Kier molecular flexibility index (Phi) is 7.14. The van der Waals surface area contributed by atoms with E-state index in [1.807, 2.05) is 6.92 Å². The Balaban J connectivity index is 2.32. The van der Waals surface area contributed by atoms with Crippen LogP contribution in [0.2, 0.25) is 0 Å². The number of hydrogen-bond acceptors (Lipinski definition) is 6. The summed E-state index contributed by atoms with van der Waals surface area (Å²) < 4.78 is 1.77. The van der Waals surface area contributed by atoms with Gasteiger partial charge in [-0.25, -0.2) is 4.68 Å². The molecule has 0 saturated carbocycles. The Bertz CT molecular complexity index is 307. The van der Waals surface area contributed by atoms with Crippen LogP contribution in [0.25, 0.3) is 0 Å². The molecule has 0 saturated heterocycles. The van der Waals surface area contributed by atoms with E-state index in [0.717, 1.165) is 37.6 Å². The second-order valence-corrected chi connectivity index (χ2v) is 4.79. The van der Waals surface area contributed by atoms with Gasteiger partial charge in [-0.15, -0.1) is 5.10 Å². The summed E-state index contributed by atoms with van der Waals surface area (Å²) >= 11 is 1.50. The number of aliphatic hydroxyl groups excluding tert-OH is 1. The van der Waals surface area contributed by atoms with Crippen LogP contribution in [0.5, 0.6) is 0 Å². The van der Waals surface area contributed by atoms with Gasteiger partial charge < -0.3 is 10.4 Å². The smallest absolute Gasteiger partial charge is 0.209 e. The van der Waals surface area contributed by atoms with Crippen molar-refractivity contribution in [3.63, 3.8) is 0 Å². The molecule has 17 heavy (non-hydrogen) atoms. The SMILES string of the molecule is CCCNCCn1nnnc1SCC(O)CC. The van der Waals surface area contributed by atoms with Crippen molar-refractivity contribution in [1.29, 1.82) is 0 Å². The summed E-state index contributed by atoms with van der Waals surface area (Å²) in [5.74, 6) is 0.638. The van der Waals surface area contributed by atoms with E-state index in [9.17, 15) is 5.11 Å². The van der Waals surface area contributed by atoms with Crippen molar-refractivity contribution in [3.8, 4) is 0 Å². The van der Waals surface area contributed by atoms with Crippen LogP contribution in [0, 0.1) is 0 Å². The van der Waals surface area contributed by atoms with E-state index in [0.29, 0.717) is 5.75 Å². The zero-order valence-corrected chi connectivity index (χ0v) is 11.3. The molecule has 0 bridgehead atoms. The van der Waals surface area contributed by atoms with Crippen LogP contribution in [0.4, 0.5) is 0 Å². The molecule has 0 amide bonds. The molecule has 1 rings (SSSR count). The largest absolute Gasteiger partial charge is 0.392 e. The third-order valence-electron chi connectivity index (χ3n) is 2.30. The van der Waals surface area contributed by atoms with Gasteiger partial charge in [0.05, 0.1) is 12.6 Å². The predicted molar refractivity (Wildman–Crippen MR) is 68.0 cm³/mol. The van der Waals surface area contributed by atoms with Crippen molar-refractivity contribution in [2.75, 3.05) is 18.8 Å². The van der Waals surface area contributed by atoms with E-state index in [-0.39, 0.29) is 6.10 Å². The summed E-state index contributed by atoms with van der Waals surface area (Å²) in [6, 6.07) is 0. The Hall–Kier alpha value is -0.660. The molecule has 0 radical (unpaired) electrons. The van der Waals surface area contributed by atoms with Crippen molar-refractivity contribution in [2.24, 2.45) is 0 Å². The maximum atomic E-state index is 9.48. The van der Waals surface area contributed by atoms with Crippen LogP contribution in [-0.4, -0.2) is 50.3 Å². The van der Waals surface area contributed by atoms with Crippen molar-refractivity contribution >= 4 is 11.8 Å². The van der Waals surface area contributed by atoms with E-state index in [4.69, 9.17) is 0 Å². The third kappa shape index (κ3) is 5.47. The van der Waals surface area contributed by atoms with E-state index in [2.05, 4.69) is 27.8 Å². The second-order valence-electron chi connectivity index (χ2n) is 3.81. The number of aliphatic hydroxyl groups is 1. The molecule has 0 spiro atoms. The monoisotopic (exact) mass is 259 g/mol. The Morgan fingerprint density at radius 3 is 2.94 bits per heavy atom. The van der Waals surface area contributed by atoms with Crippen LogP contribution < -0.4 is 5.32 Å². The van der Waals surface area contributed by atoms with Gasteiger partial charge in [0.1, 0.15) is 0 Å². The summed E-state index contributed by atoms with van der Waals surface area (Å²) in [5, 5.41) is 25.1. The van der Waals surface area contributed by atoms with Crippen LogP contribution in [0.3, 0.4) is 0 Å². The van der Waals surface area contributed by atoms with Gasteiger partial charge in [-0.3, -0.25) is 0 Å². The summed E-state index contributed by atoms with van der Waals surface area (Å²) in [6.45, 7) is 6.74. The normalized spacial score (nSPS) is 12.9. The highest BCUT2D eigenvalue weighted by atomic mass is 32.2. The molecule has 1 aromatic heterocycles. The molecule has 1 unspecified atom stereocenters. The molecule has 7 heteroatoms. The molecule has 0 aliphatic rings. The molecule has 0 aliphatic heterocycles. The summed E-state index contributed by atoms with van der Waals surface area (Å²) in [6.07, 6.45) is 1.59. The van der Waals surface area contributed by atoms with Gasteiger partial charge >= 0.3 is 0 Å². The average molecular weight is 259 g/mol. The lowest BCUT2D eigenvalue weighted by molar-refractivity contribution is 0.195. The van der Waals surface area contributed by atoms with Crippen LogP contribution >= 0.6 is 11.8 Å². The predicted octanol–water partition coefficient (Wildman–Crippen LogP) is 0.536. The first-order chi connectivity index (χ1) is 8.27. The topological polar surface area (TPSA) is 75.9 Å². The van der Waals surface area contributed by atoms with Crippen LogP contribution in [0.15, 0.2) is 5.16 Å². The molecule has 0 fully saturated rings. The van der Waals surface area contributed by atoms with E-state index in [1.165, 1.54) is 11.8 Å². The first-order valence-corrected chi connectivity index (χ1v) is 7.04. The minimum atomic E-state index is -0.289. The first kappa shape index (κ1) is 14.4. The number of aromatic nitrogens is 4. The Morgan fingerprint density at radius 1 is 1.41 bits per heavy atom. The first-order valence-electron chi connectivity index (χ1n) is 6.05. The molecule has 0 aromatic carbocycles. The molecular weight excluding hydrogens is 238 g/mol. The van der Waals surface area contributed by atoms with E-state index < -0.39 is 0 Å². The van der Waals surface area contributed by atoms with Gasteiger partial charge in [0.2, 0.25) is 5.16 Å². The lowest BCUT2D eigenvalue weighted by Crippen LogP contribution is -2.21. The molecule has 0 aliphatic carbocycles. The van der Waals surface area contributed by atoms with Crippen molar-refractivity contribution < 1.29 is 5.11 Å². The van der Waals surface area contributed by atoms with Gasteiger partial charge in [0, 0.05) is 12.3 Å². The van der Waals surface area contributed by atoms with Gasteiger partial charge in [-0.05, 0) is 29.8 Å². The second kappa shape index (κ2) is 8.43. The number of rotatable bonds is 9. The minimum Gasteiger partial charge on any atom is -0.392 e. The van der Waals surface area contributed by atoms with Gasteiger partial charge in [-0.1, -0.05) is 25.6 Å². The lowest BCUT2D eigenvalue weighted by Gasteiger charge is -2.07. The van der Waals surface area contributed by atoms with Crippen LogP contribution in [-0.2, 0) is 6.54 Å². The number of thioether (sulfide) groups is 1.